The number of pyridine rings is 1. The zero-order chi connectivity index (χ0) is 15.5. The van der Waals surface area contributed by atoms with Gasteiger partial charge in [-0.05, 0) is 18.6 Å². The van der Waals surface area contributed by atoms with Gasteiger partial charge in [-0.15, -0.1) is 0 Å². The first kappa shape index (κ1) is 14.8. The molecule has 1 aromatic heterocycles. The van der Waals surface area contributed by atoms with Crippen LogP contribution in [-0.2, 0) is 16.1 Å². The number of methoxy groups -OCH3 is 1. The third-order valence-electron chi connectivity index (χ3n) is 3.90. The van der Waals surface area contributed by atoms with E-state index in [-0.39, 0.29) is 5.91 Å². The van der Waals surface area contributed by atoms with E-state index in [0.717, 1.165) is 16.5 Å². The van der Waals surface area contributed by atoms with Gasteiger partial charge >= 0.3 is 0 Å². The van der Waals surface area contributed by atoms with Crippen LogP contribution in [-0.4, -0.2) is 42.2 Å². The summed E-state index contributed by atoms with van der Waals surface area (Å²) in [6, 6.07) is 9.96. The molecular formula is C17H20N2O3. The molecule has 1 unspecified atom stereocenters. The Kier molecular flexibility index (Phi) is 4.24. The van der Waals surface area contributed by atoms with E-state index in [9.17, 15) is 4.79 Å². The van der Waals surface area contributed by atoms with Crippen LogP contribution in [0.4, 0.5) is 0 Å². The fourth-order valence-corrected chi connectivity index (χ4v) is 2.68. The second kappa shape index (κ2) is 6.32. The van der Waals surface area contributed by atoms with Gasteiger partial charge in [-0.2, -0.15) is 0 Å². The van der Waals surface area contributed by atoms with Crippen LogP contribution in [0.1, 0.15) is 18.9 Å². The third kappa shape index (κ3) is 2.76. The normalized spacial score (nSPS) is 18.0. The summed E-state index contributed by atoms with van der Waals surface area (Å²) in [6.45, 7) is 3.52. The van der Waals surface area contributed by atoms with Crippen molar-refractivity contribution in [2.45, 2.75) is 26.0 Å². The minimum Gasteiger partial charge on any atom is -0.464 e. The molecule has 2 heterocycles. The maximum absolute atomic E-state index is 12.6. The Labute approximate surface area is 129 Å². The van der Waals surface area contributed by atoms with E-state index >= 15 is 0 Å². The predicted octanol–water partition coefficient (Wildman–Crippen LogP) is 2.38. The number of hydrogen-bond acceptors (Lipinski definition) is 4. The van der Waals surface area contributed by atoms with E-state index in [1.807, 2.05) is 31.2 Å². The highest BCUT2D eigenvalue weighted by Gasteiger charge is 2.30. The first-order chi connectivity index (χ1) is 10.7. The maximum Gasteiger partial charge on any atom is 0.264 e. The third-order valence-corrected chi connectivity index (χ3v) is 3.90. The van der Waals surface area contributed by atoms with E-state index in [1.54, 1.807) is 12.0 Å². The topological polar surface area (TPSA) is 51.7 Å². The lowest BCUT2D eigenvalue weighted by molar-refractivity contribution is -0.139. The van der Waals surface area contributed by atoms with E-state index < -0.39 is 6.10 Å². The van der Waals surface area contributed by atoms with Gasteiger partial charge in [0.1, 0.15) is 0 Å². The number of nitrogens with zero attached hydrogens (tertiary/aromatic N) is 2. The molecule has 0 N–H and O–H groups in total. The molecule has 0 bridgehead atoms. The van der Waals surface area contributed by atoms with Gasteiger partial charge in [0.25, 0.3) is 5.91 Å². The molecule has 116 valence electrons. The fourth-order valence-electron chi connectivity index (χ4n) is 2.68. The van der Waals surface area contributed by atoms with Crippen molar-refractivity contribution in [1.29, 1.82) is 0 Å². The molecule has 2 aromatic rings. The fraction of sp³-hybridized carbons (Fsp3) is 0.412. The SMILES string of the molecule is CCC1Oc2nc3ccccc3cc2CN(CCOC)C1=O. The molecule has 3 rings (SSSR count). The van der Waals surface area contributed by atoms with Gasteiger partial charge < -0.3 is 14.4 Å². The second-order valence-corrected chi connectivity index (χ2v) is 5.41. The number of rotatable bonds is 4. The summed E-state index contributed by atoms with van der Waals surface area (Å²) in [7, 11) is 1.64. The Bertz CT molecular complexity index is 687. The molecule has 1 aliphatic rings. The molecule has 0 saturated carbocycles. The molecule has 1 atom stereocenters. The monoisotopic (exact) mass is 300 g/mol. The molecule has 1 aromatic carbocycles. The lowest BCUT2D eigenvalue weighted by Gasteiger charge is -2.22. The van der Waals surface area contributed by atoms with Gasteiger partial charge in [-0.1, -0.05) is 25.1 Å². The lowest BCUT2D eigenvalue weighted by Crippen LogP contribution is -2.40. The molecule has 0 fully saturated rings. The van der Waals surface area contributed by atoms with Crippen LogP contribution < -0.4 is 4.74 Å². The van der Waals surface area contributed by atoms with Crippen LogP contribution in [0, 0.1) is 0 Å². The number of amides is 1. The summed E-state index contributed by atoms with van der Waals surface area (Å²) in [5, 5.41) is 1.05. The van der Waals surface area contributed by atoms with Gasteiger partial charge in [-0.3, -0.25) is 4.79 Å². The summed E-state index contributed by atoms with van der Waals surface area (Å²) in [4.78, 5) is 18.9. The molecular weight excluding hydrogens is 280 g/mol. The average molecular weight is 300 g/mol. The maximum atomic E-state index is 12.6. The zero-order valence-corrected chi connectivity index (χ0v) is 12.9. The first-order valence-corrected chi connectivity index (χ1v) is 7.56. The van der Waals surface area contributed by atoms with Crippen LogP contribution in [0.3, 0.4) is 0 Å². The average Bonchev–Trinajstić information content (AvgIpc) is 2.67. The van der Waals surface area contributed by atoms with Crippen molar-refractivity contribution in [3.8, 4) is 5.88 Å². The largest absolute Gasteiger partial charge is 0.464 e. The van der Waals surface area contributed by atoms with Crippen molar-refractivity contribution in [2.75, 3.05) is 20.3 Å². The zero-order valence-electron chi connectivity index (χ0n) is 12.9. The quantitative estimate of drug-likeness (QED) is 0.870. The molecule has 1 amide bonds. The number of hydrogen-bond donors (Lipinski definition) is 0. The summed E-state index contributed by atoms with van der Waals surface area (Å²) < 4.78 is 11.0. The molecule has 0 spiro atoms. The van der Waals surface area contributed by atoms with Crippen LogP contribution in [0.5, 0.6) is 5.88 Å². The second-order valence-electron chi connectivity index (χ2n) is 5.41. The molecule has 5 nitrogen and oxygen atoms in total. The summed E-state index contributed by atoms with van der Waals surface area (Å²) in [5.41, 5.74) is 1.83. The molecule has 22 heavy (non-hydrogen) atoms. The van der Waals surface area contributed by atoms with Crippen LogP contribution in [0.2, 0.25) is 0 Å². The molecule has 1 aliphatic heterocycles. The Morgan fingerprint density at radius 2 is 2.23 bits per heavy atom. The Hall–Kier alpha value is -2.14. The van der Waals surface area contributed by atoms with E-state index in [0.29, 0.717) is 32.0 Å². The van der Waals surface area contributed by atoms with Gasteiger partial charge in [0, 0.05) is 24.6 Å². The van der Waals surface area contributed by atoms with Crippen LogP contribution in [0.15, 0.2) is 30.3 Å². The van der Waals surface area contributed by atoms with Gasteiger partial charge in [0.2, 0.25) is 5.88 Å². The highest BCUT2D eigenvalue weighted by atomic mass is 16.5. The summed E-state index contributed by atoms with van der Waals surface area (Å²) >= 11 is 0. The van der Waals surface area contributed by atoms with Gasteiger partial charge in [-0.25, -0.2) is 4.98 Å². The molecule has 0 saturated heterocycles. The van der Waals surface area contributed by atoms with Gasteiger partial charge in [0.15, 0.2) is 6.10 Å². The van der Waals surface area contributed by atoms with Crippen molar-refractivity contribution in [1.82, 2.24) is 9.88 Å². The van der Waals surface area contributed by atoms with E-state index in [2.05, 4.69) is 11.1 Å². The highest BCUT2D eigenvalue weighted by Crippen LogP contribution is 2.28. The number of aromatic nitrogens is 1. The number of para-hydroxylation sites is 1. The smallest absolute Gasteiger partial charge is 0.264 e. The first-order valence-electron chi connectivity index (χ1n) is 7.56. The number of benzene rings is 1. The standard InChI is InChI=1S/C17H20N2O3/c1-3-15-17(20)19(8-9-21-2)11-13-10-12-6-4-5-7-14(12)18-16(13)22-15/h4-7,10,15H,3,8-9,11H2,1-2H3. The minimum atomic E-state index is -0.480. The predicted molar refractivity (Wildman–Crippen MR) is 83.7 cm³/mol. The Balaban J connectivity index is 2.01. The van der Waals surface area contributed by atoms with Crippen LogP contribution in [0.25, 0.3) is 10.9 Å². The number of ether oxygens (including phenoxy) is 2. The minimum absolute atomic E-state index is 0.00149. The van der Waals surface area contributed by atoms with Crippen LogP contribution >= 0.6 is 0 Å². The van der Waals surface area contributed by atoms with Gasteiger partial charge in [0.05, 0.1) is 18.7 Å². The number of fused-ring (bicyclic) bond motifs is 2. The Morgan fingerprint density at radius 3 is 3.00 bits per heavy atom. The molecule has 5 heteroatoms. The highest BCUT2D eigenvalue weighted by molar-refractivity contribution is 5.84. The van der Waals surface area contributed by atoms with Crippen molar-refractivity contribution in [3.05, 3.63) is 35.9 Å². The van der Waals surface area contributed by atoms with E-state index in [1.165, 1.54) is 0 Å². The molecule has 0 radical (unpaired) electrons. The summed E-state index contributed by atoms with van der Waals surface area (Å²) in [6.07, 6.45) is 0.141. The Morgan fingerprint density at radius 1 is 1.41 bits per heavy atom. The van der Waals surface area contributed by atoms with Crippen molar-refractivity contribution in [3.63, 3.8) is 0 Å². The van der Waals surface area contributed by atoms with Crippen molar-refractivity contribution in [2.24, 2.45) is 0 Å². The van der Waals surface area contributed by atoms with Crippen molar-refractivity contribution < 1.29 is 14.3 Å². The van der Waals surface area contributed by atoms with E-state index in [4.69, 9.17) is 9.47 Å². The van der Waals surface area contributed by atoms with Crippen molar-refractivity contribution >= 4 is 16.8 Å². The lowest BCUT2D eigenvalue weighted by atomic mass is 10.1. The number of carbonyl (C=O) groups is 1. The molecule has 0 aliphatic carbocycles. The summed E-state index contributed by atoms with van der Waals surface area (Å²) in [5.74, 6) is 0.570. The number of carbonyl (C=O) groups excluding carboxylic acids is 1.